The summed E-state index contributed by atoms with van der Waals surface area (Å²) in [7, 11) is -3.45. The van der Waals surface area contributed by atoms with Crippen LogP contribution in [-0.2, 0) is 19.4 Å². The van der Waals surface area contributed by atoms with Crippen molar-refractivity contribution in [3.8, 4) is 0 Å². The fraction of sp³-hybridized carbons (Fsp3) is 0.263. The Hall–Kier alpha value is -2.38. The van der Waals surface area contributed by atoms with Gasteiger partial charge in [-0.05, 0) is 49.2 Å². The van der Waals surface area contributed by atoms with Gasteiger partial charge >= 0.3 is 5.97 Å². The van der Waals surface area contributed by atoms with Crippen molar-refractivity contribution in [2.75, 3.05) is 12.9 Å². The lowest BCUT2D eigenvalue weighted by atomic mass is 10.1. The molecule has 0 aliphatic carbocycles. The molecule has 6 nitrogen and oxygen atoms in total. The molecule has 2 rings (SSSR count). The zero-order valence-electron chi connectivity index (χ0n) is 15.2. The molecule has 2 aromatic carbocycles. The van der Waals surface area contributed by atoms with Gasteiger partial charge in [-0.1, -0.05) is 29.8 Å². The summed E-state index contributed by atoms with van der Waals surface area (Å²) in [6, 6.07) is 10.9. The first-order chi connectivity index (χ1) is 12.6. The Morgan fingerprint density at radius 1 is 1.15 bits per heavy atom. The van der Waals surface area contributed by atoms with Gasteiger partial charge in [0, 0.05) is 11.3 Å². The van der Waals surface area contributed by atoms with Gasteiger partial charge in [-0.3, -0.25) is 4.79 Å². The number of halogens is 1. The average molecular weight is 410 g/mol. The number of carbonyl (C=O) groups is 2. The Morgan fingerprint density at radius 2 is 1.78 bits per heavy atom. The first-order valence-corrected chi connectivity index (χ1v) is 10.4. The van der Waals surface area contributed by atoms with Crippen molar-refractivity contribution in [2.24, 2.45) is 0 Å². The first-order valence-electron chi connectivity index (χ1n) is 8.10. The van der Waals surface area contributed by atoms with Crippen molar-refractivity contribution in [1.82, 2.24) is 5.32 Å². The molecule has 8 heteroatoms. The van der Waals surface area contributed by atoms with E-state index in [1.807, 2.05) is 0 Å². The van der Waals surface area contributed by atoms with Gasteiger partial charge in [-0.25, -0.2) is 13.2 Å². The van der Waals surface area contributed by atoms with Crippen molar-refractivity contribution in [3.05, 3.63) is 64.2 Å². The normalized spacial score (nSPS) is 12.3. The molecular weight excluding hydrogens is 390 g/mol. The van der Waals surface area contributed by atoms with E-state index in [0.717, 1.165) is 11.8 Å². The number of ether oxygens (including phenoxy) is 1. The molecule has 0 aliphatic rings. The molecule has 144 valence electrons. The van der Waals surface area contributed by atoms with Gasteiger partial charge in [-0.2, -0.15) is 0 Å². The number of sulfone groups is 1. The van der Waals surface area contributed by atoms with E-state index < -0.39 is 28.3 Å². The van der Waals surface area contributed by atoms with Crippen LogP contribution in [0.4, 0.5) is 0 Å². The third kappa shape index (κ3) is 5.80. The van der Waals surface area contributed by atoms with Crippen molar-refractivity contribution < 1.29 is 22.7 Å². The Bertz CT molecular complexity index is 955. The Balaban J connectivity index is 1.99. The van der Waals surface area contributed by atoms with Gasteiger partial charge in [0.25, 0.3) is 5.91 Å². The molecule has 27 heavy (non-hydrogen) atoms. The molecule has 0 aliphatic heterocycles. The van der Waals surface area contributed by atoms with E-state index in [0.29, 0.717) is 10.6 Å². The summed E-state index contributed by atoms with van der Waals surface area (Å²) in [5.74, 6) is -1.23. The monoisotopic (exact) mass is 409 g/mol. The van der Waals surface area contributed by atoms with Gasteiger partial charge in [-0.15, -0.1) is 0 Å². The van der Waals surface area contributed by atoms with Gasteiger partial charge in [0.05, 0.1) is 16.5 Å². The molecule has 0 saturated heterocycles. The number of carbonyl (C=O) groups excluding carboxylic acids is 2. The zero-order chi connectivity index (χ0) is 20.2. The van der Waals surface area contributed by atoms with Crippen LogP contribution in [0.5, 0.6) is 0 Å². The van der Waals surface area contributed by atoms with E-state index in [2.05, 4.69) is 5.32 Å². The van der Waals surface area contributed by atoms with E-state index >= 15 is 0 Å². The number of benzene rings is 2. The Morgan fingerprint density at radius 3 is 2.37 bits per heavy atom. The minimum atomic E-state index is -3.45. The summed E-state index contributed by atoms with van der Waals surface area (Å²) in [5.41, 5.74) is 1.52. The van der Waals surface area contributed by atoms with Gasteiger partial charge in [0.1, 0.15) is 0 Å². The summed E-state index contributed by atoms with van der Waals surface area (Å²) in [6.07, 6.45) is 1.05. The van der Waals surface area contributed by atoms with Crippen LogP contribution in [0.3, 0.4) is 0 Å². The van der Waals surface area contributed by atoms with Crippen LogP contribution in [-0.4, -0.2) is 33.2 Å². The lowest BCUT2D eigenvalue weighted by molar-refractivity contribution is -0.124. The predicted octanol–water partition coefficient (Wildman–Crippen LogP) is 3.09. The SMILES string of the molecule is Cc1ccc(S(C)(=O)=O)cc1C(=O)OCC(=O)NC(C)c1ccc(Cl)cc1. The fourth-order valence-corrected chi connectivity index (χ4v) is 3.15. The zero-order valence-corrected chi connectivity index (χ0v) is 16.7. The summed E-state index contributed by atoms with van der Waals surface area (Å²) < 4.78 is 28.3. The van der Waals surface area contributed by atoms with Gasteiger partial charge in [0.15, 0.2) is 16.4 Å². The van der Waals surface area contributed by atoms with Crippen LogP contribution in [0.2, 0.25) is 5.02 Å². The number of esters is 1. The third-order valence-electron chi connectivity index (χ3n) is 3.94. The number of nitrogens with one attached hydrogen (secondary N) is 1. The summed E-state index contributed by atoms with van der Waals surface area (Å²) in [4.78, 5) is 24.3. The largest absolute Gasteiger partial charge is 0.452 e. The van der Waals surface area contributed by atoms with Crippen molar-refractivity contribution >= 4 is 33.3 Å². The number of hydrogen-bond acceptors (Lipinski definition) is 5. The highest BCUT2D eigenvalue weighted by Crippen LogP contribution is 2.17. The molecule has 1 N–H and O–H groups in total. The maximum Gasteiger partial charge on any atom is 0.338 e. The van der Waals surface area contributed by atoms with E-state index in [-0.39, 0.29) is 16.5 Å². The van der Waals surface area contributed by atoms with Crippen molar-refractivity contribution in [3.63, 3.8) is 0 Å². The number of hydrogen-bond donors (Lipinski definition) is 1. The first kappa shape index (κ1) is 20.9. The van der Waals surface area contributed by atoms with E-state index in [1.165, 1.54) is 18.2 Å². The lowest BCUT2D eigenvalue weighted by Crippen LogP contribution is -2.31. The van der Waals surface area contributed by atoms with Crippen LogP contribution in [0.1, 0.15) is 34.5 Å². The molecule has 2 aromatic rings. The fourth-order valence-electron chi connectivity index (χ4n) is 2.38. The average Bonchev–Trinajstić information content (AvgIpc) is 2.59. The van der Waals surface area contributed by atoms with Crippen LogP contribution >= 0.6 is 11.6 Å². The molecule has 1 unspecified atom stereocenters. The highest BCUT2D eigenvalue weighted by molar-refractivity contribution is 7.90. The smallest absolute Gasteiger partial charge is 0.338 e. The van der Waals surface area contributed by atoms with E-state index in [9.17, 15) is 18.0 Å². The number of aryl methyl sites for hydroxylation is 1. The second-order valence-corrected chi connectivity index (χ2v) is 8.62. The van der Waals surface area contributed by atoms with E-state index in [4.69, 9.17) is 16.3 Å². The molecule has 0 bridgehead atoms. The molecule has 0 saturated carbocycles. The molecule has 0 spiro atoms. The minimum Gasteiger partial charge on any atom is -0.452 e. The van der Waals surface area contributed by atoms with Crippen LogP contribution < -0.4 is 5.32 Å². The quantitative estimate of drug-likeness (QED) is 0.740. The minimum absolute atomic E-state index is 0.0147. The summed E-state index contributed by atoms with van der Waals surface area (Å²) in [5, 5.41) is 3.31. The molecule has 1 atom stereocenters. The van der Waals surface area contributed by atoms with Gasteiger partial charge < -0.3 is 10.1 Å². The maximum atomic E-state index is 12.2. The summed E-state index contributed by atoms with van der Waals surface area (Å²) >= 11 is 5.83. The molecule has 0 radical (unpaired) electrons. The molecular formula is C19H20ClNO5S. The summed E-state index contributed by atoms with van der Waals surface area (Å²) in [6.45, 7) is 2.98. The second-order valence-electron chi connectivity index (χ2n) is 6.17. The molecule has 0 heterocycles. The molecule has 1 amide bonds. The Labute approximate surface area is 163 Å². The van der Waals surface area contributed by atoms with Crippen LogP contribution in [0, 0.1) is 6.92 Å². The number of amides is 1. The molecule has 0 fully saturated rings. The highest BCUT2D eigenvalue weighted by Gasteiger charge is 2.17. The van der Waals surface area contributed by atoms with E-state index in [1.54, 1.807) is 38.1 Å². The van der Waals surface area contributed by atoms with Gasteiger partial charge in [0.2, 0.25) is 0 Å². The third-order valence-corrected chi connectivity index (χ3v) is 5.30. The van der Waals surface area contributed by atoms with Crippen molar-refractivity contribution in [2.45, 2.75) is 24.8 Å². The maximum absolute atomic E-state index is 12.2. The predicted molar refractivity (Wildman–Crippen MR) is 103 cm³/mol. The lowest BCUT2D eigenvalue weighted by Gasteiger charge is -2.15. The second kappa shape index (κ2) is 8.54. The van der Waals surface area contributed by atoms with Crippen LogP contribution in [0.15, 0.2) is 47.4 Å². The topological polar surface area (TPSA) is 89.5 Å². The van der Waals surface area contributed by atoms with Crippen molar-refractivity contribution in [1.29, 1.82) is 0 Å². The standard InChI is InChI=1S/C19H20ClNO5S/c1-12-4-9-16(27(3,24)25)10-17(12)19(23)26-11-18(22)21-13(2)14-5-7-15(20)8-6-14/h4-10,13H,11H2,1-3H3,(H,21,22). The molecule has 0 aromatic heterocycles. The highest BCUT2D eigenvalue weighted by atomic mass is 35.5. The number of rotatable bonds is 6. The van der Waals surface area contributed by atoms with Crippen LogP contribution in [0.25, 0.3) is 0 Å². The Kier molecular flexibility index (Phi) is 6.62.